The second-order valence-corrected chi connectivity index (χ2v) is 11.3. The van der Waals surface area contributed by atoms with E-state index in [1.165, 1.54) is 10.5 Å². The van der Waals surface area contributed by atoms with E-state index in [1.807, 2.05) is 45.0 Å². The summed E-state index contributed by atoms with van der Waals surface area (Å²) in [6, 6.07) is 8.01. The summed E-state index contributed by atoms with van der Waals surface area (Å²) < 4.78 is 38.4. The zero-order valence-corrected chi connectivity index (χ0v) is 21.6. The summed E-state index contributed by atoms with van der Waals surface area (Å²) in [5, 5.41) is 0. The van der Waals surface area contributed by atoms with Crippen molar-refractivity contribution in [3.8, 4) is 5.75 Å². The lowest BCUT2D eigenvalue weighted by atomic mass is 9.86. The van der Waals surface area contributed by atoms with Crippen LogP contribution in [0.3, 0.4) is 0 Å². The summed E-state index contributed by atoms with van der Waals surface area (Å²) in [5.74, 6) is -1.87. The highest BCUT2D eigenvalue weighted by atomic mass is 19.3. The van der Waals surface area contributed by atoms with E-state index in [-0.39, 0.29) is 30.9 Å². The maximum Gasteiger partial charge on any atom is 0.410 e. The first-order valence-corrected chi connectivity index (χ1v) is 13.1. The summed E-state index contributed by atoms with van der Waals surface area (Å²) in [5.41, 5.74) is 1.81. The molecule has 1 aliphatic carbocycles. The van der Waals surface area contributed by atoms with Gasteiger partial charge in [0.05, 0.1) is 13.2 Å². The number of benzene rings is 1. The first kappa shape index (κ1) is 26.4. The predicted molar refractivity (Wildman–Crippen MR) is 134 cm³/mol. The highest BCUT2D eigenvalue weighted by Crippen LogP contribution is 2.34. The lowest BCUT2D eigenvalue weighted by Crippen LogP contribution is -2.42. The Morgan fingerprint density at radius 3 is 2.28 bits per heavy atom. The van der Waals surface area contributed by atoms with Crippen LogP contribution in [0.25, 0.3) is 5.57 Å². The van der Waals surface area contributed by atoms with Gasteiger partial charge >= 0.3 is 6.09 Å². The molecule has 2 aliphatic heterocycles. The van der Waals surface area contributed by atoms with Gasteiger partial charge in [0.25, 0.3) is 5.92 Å². The van der Waals surface area contributed by atoms with Crippen LogP contribution in [0.4, 0.5) is 13.6 Å². The lowest BCUT2D eigenvalue weighted by molar-refractivity contribution is -0.136. The van der Waals surface area contributed by atoms with E-state index in [0.29, 0.717) is 38.5 Å². The Balaban J connectivity index is 1.21. The molecule has 1 unspecified atom stereocenters. The maximum atomic E-state index is 13.5. The van der Waals surface area contributed by atoms with E-state index in [1.54, 1.807) is 4.90 Å². The number of halogens is 2. The monoisotopic (exact) mass is 504 g/mol. The number of allylic oxidation sites excluding steroid dienone is 2. The fourth-order valence-corrected chi connectivity index (χ4v) is 5.09. The van der Waals surface area contributed by atoms with Crippen molar-refractivity contribution in [3.05, 3.63) is 35.9 Å². The number of alkyl halides is 2. The molecule has 198 valence electrons. The highest BCUT2D eigenvalue weighted by molar-refractivity contribution is 5.81. The van der Waals surface area contributed by atoms with Crippen LogP contribution in [0, 0.1) is 11.8 Å². The van der Waals surface area contributed by atoms with Crippen LogP contribution < -0.4 is 4.74 Å². The molecule has 0 aromatic heterocycles. The second kappa shape index (κ2) is 10.8. The van der Waals surface area contributed by atoms with Crippen LogP contribution in [0.5, 0.6) is 5.75 Å². The molecule has 0 spiro atoms. The molecule has 3 aliphatic rings. The smallest absolute Gasteiger partial charge is 0.410 e. The van der Waals surface area contributed by atoms with Gasteiger partial charge in [0.2, 0.25) is 5.91 Å². The fraction of sp³-hybridized carbons (Fsp3) is 0.643. The van der Waals surface area contributed by atoms with Crippen LogP contribution in [-0.4, -0.2) is 66.1 Å². The second-order valence-electron chi connectivity index (χ2n) is 11.3. The number of carbonyl (C=O) groups is 2. The Labute approximate surface area is 212 Å². The third-order valence-corrected chi connectivity index (χ3v) is 7.22. The molecule has 4 rings (SSSR count). The molecule has 1 aromatic rings. The van der Waals surface area contributed by atoms with E-state index in [9.17, 15) is 18.4 Å². The van der Waals surface area contributed by atoms with Gasteiger partial charge in [-0.3, -0.25) is 4.79 Å². The van der Waals surface area contributed by atoms with Crippen molar-refractivity contribution in [2.45, 2.75) is 70.8 Å². The van der Waals surface area contributed by atoms with Gasteiger partial charge in [-0.25, -0.2) is 13.6 Å². The van der Waals surface area contributed by atoms with E-state index in [0.717, 1.165) is 30.6 Å². The average molecular weight is 505 g/mol. The Kier molecular flexibility index (Phi) is 7.90. The number of rotatable bonds is 5. The van der Waals surface area contributed by atoms with Gasteiger partial charge in [-0.05, 0) is 82.1 Å². The Morgan fingerprint density at radius 2 is 1.72 bits per heavy atom. The maximum absolute atomic E-state index is 13.5. The third kappa shape index (κ3) is 6.98. The molecule has 0 radical (unpaired) electrons. The molecular weight excluding hydrogens is 466 g/mol. The summed E-state index contributed by atoms with van der Waals surface area (Å²) in [7, 11) is 0. The van der Waals surface area contributed by atoms with Gasteiger partial charge in [0.15, 0.2) is 0 Å². The molecule has 2 amide bonds. The van der Waals surface area contributed by atoms with E-state index in [2.05, 4.69) is 6.08 Å². The molecule has 36 heavy (non-hydrogen) atoms. The molecule has 2 saturated heterocycles. The molecule has 0 bridgehead atoms. The first-order valence-electron chi connectivity index (χ1n) is 13.1. The number of ether oxygens (including phenoxy) is 2. The van der Waals surface area contributed by atoms with E-state index >= 15 is 0 Å². The van der Waals surface area contributed by atoms with Crippen LogP contribution >= 0.6 is 0 Å². The lowest BCUT2D eigenvalue weighted by Gasteiger charge is -2.33. The molecule has 1 aromatic carbocycles. The number of hydrogen-bond acceptors (Lipinski definition) is 4. The molecule has 0 N–H and O–H groups in total. The number of likely N-dealkylation sites (tertiary alicyclic amines) is 2. The van der Waals surface area contributed by atoms with Gasteiger partial charge in [0, 0.05) is 32.0 Å². The summed E-state index contributed by atoms with van der Waals surface area (Å²) in [6.07, 6.45) is 5.42. The number of hydrogen-bond donors (Lipinski definition) is 0. The number of nitrogens with zero attached hydrogens (tertiary/aromatic N) is 2. The quantitative estimate of drug-likeness (QED) is 0.511. The first-order chi connectivity index (χ1) is 17.0. The molecule has 6 nitrogen and oxygen atoms in total. The van der Waals surface area contributed by atoms with Gasteiger partial charge in [-0.2, -0.15) is 0 Å². The number of piperidine rings is 1. The standard InChI is InChI=1S/C28H38F2N2O4/c1-27(2,3)36-26(34)31-15-12-20(13-16-31)18-35-24-10-8-22(9-11-24)21-4-6-23(7-5-21)25(33)32-17-14-28(29,30)19-32/h4,8-11,20,23H,5-7,12-19H2,1-3H3. The Bertz CT molecular complexity index is 963. The SMILES string of the molecule is CC(C)(C)OC(=O)N1CCC(COc2ccc(C3=CCC(C(=O)N4CCC(F)(F)C4)CC3)cc2)CC1. The summed E-state index contributed by atoms with van der Waals surface area (Å²) in [4.78, 5) is 27.9. The fourth-order valence-electron chi connectivity index (χ4n) is 5.09. The minimum absolute atomic E-state index is 0.136. The predicted octanol–water partition coefficient (Wildman–Crippen LogP) is 5.76. The van der Waals surface area contributed by atoms with Crippen LogP contribution in [0.1, 0.15) is 64.9 Å². The normalized spacial score (nSPS) is 22.8. The zero-order chi connectivity index (χ0) is 25.9. The topological polar surface area (TPSA) is 59.1 Å². The van der Waals surface area contributed by atoms with Crippen molar-refractivity contribution < 1.29 is 27.8 Å². The van der Waals surface area contributed by atoms with Crippen molar-refractivity contribution >= 4 is 17.6 Å². The molecule has 2 fully saturated rings. The van der Waals surface area contributed by atoms with Gasteiger partial charge in [0.1, 0.15) is 11.4 Å². The van der Waals surface area contributed by atoms with Gasteiger partial charge in [-0.1, -0.05) is 18.2 Å². The number of amides is 2. The highest BCUT2D eigenvalue weighted by Gasteiger charge is 2.41. The van der Waals surface area contributed by atoms with E-state index in [4.69, 9.17) is 9.47 Å². The van der Waals surface area contributed by atoms with Crippen molar-refractivity contribution in [2.24, 2.45) is 11.8 Å². The Morgan fingerprint density at radius 1 is 1.03 bits per heavy atom. The molecule has 8 heteroatoms. The van der Waals surface area contributed by atoms with Crippen molar-refractivity contribution in [1.82, 2.24) is 9.80 Å². The third-order valence-electron chi connectivity index (χ3n) is 7.22. The minimum atomic E-state index is -2.74. The van der Waals surface area contributed by atoms with Crippen LogP contribution in [0.2, 0.25) is 0 Å². The average Bonchev–Trinajstić information content (AvgIpc) is 3.21. The van der Waals surface area contributed by atoms with Gasteiger partial charge in [-0.15, -0.1) is 0 Å². The number of carbonyl (C=O) groups excluding carboxylic acids is 2. The minimum Gasteiger partial charge on any atom is -0.493 e. The summed E-state index contributed by atoms with van der Waals surface area (Å²) in [6.45, 7) is 7.32. The molecular formula is C28H38F2N2O4. The van der Waals surface area contributed by atoms with Gasteiger partial charge < -0.3 is 19.3 Å². The van der Waals surface area contributed by atoms with Crippen molar-refractivity contribution in [3.63, 3.8) is 0 Å². The van der Waals surface area contributed by atoms with Crippen molar-refractivity contribution in [2.75, 3.05) is 32.8 Å². The largest absolute Gasteiger partial charge is 0.493 e. The van der Waals surface area contributed by atoms with Crippen LogP contribution in [0.15, 0.2) is 30.3 Å². The molecule has 0 saturated carbocycles. The summed E-state index contributed by atoms with van der Waals surface area (Å²) >= 11 is 0. The van der Waals surface area contributed by atoms with Crippen molar-refractivity contribution in [1.29, 1.82) is 0 Å². The molecule has 2 heterocycles. The zero-order valence-electron chi connectivity index (χ0n) is 21.6. The van der Waals surface area contributed by atoms with E-state index < -0.39 is 18.1 Å². The van der Waals surface area contributed by atoms with Crippen LogP contribution in [-0.2, 0) is 9.53 Å². The molecule has 1 atom stereocenters. The Hall–Kier alpha value is -2.64.